The first-order chi connectivity index (χ1) is 7.19. The fourth-order valence-corrected chi connectivity index (χ4v) is 1.73. The molecule has 0 saturated carbocycles. The van der Waals surface area contributed by atoms with Crippen LogP contribution in [0, 0.1) is 5.82 Å². The van der Waals surface area contributed by atoms with Crippen molar-refractivity contribution in [1.82, 2.24) is 0 Å². The van der Waals surface area contributed by atoms with Gasteiger partial charge < -0.3 is 4.74 Å². The number of hydrogen-bond donors (Lipinski definition) is 0. The number of nitrogens with zero attached hydrogens (tertiary/aromatic N) is 1. The molecule has 0 fully saturated rings. The Labute approximate surface area is 95.1 Å². The summed E-state index contributed by atoms with van der Waals surface area (Å²) in [6, 6.07) is 3.06. The lowest BCUT2D eigenvalue weighted by molar-refractivity contribution is 0.381. The summed E-state index contributed by atoms with van der Waals surface area (Å²) in [7, 11) is 1.40. The quantitative estimate of drug-likeness (QED) is 0.625. The average molecular weight is 274 g/mol. The summed E-state index contributed by atoms with van der Waals surface area (Å²) >= 11 is 3.18. The van der Waals surface area contributed by atoms with Crippen molar-refractivity contribution >= 4 is 22.0 Å². The van der Waals surface area contributed by atoms with Crippen LogP contribution in [0.1, 0.15) is 5.56 Å². The van der Waals surface area contributed by atoms with E-state index < -0.39 is 5.82 Å². The largest absolute Gasteiger partial charge is 0.493 e. The maximum Gasteiger partial charge on any atom is 0.234 e. The SMILES string of the molecule is COc1c(F)cc(Br)cc1CCN=C=O. The molecule has 0 aliphatic heterocycles. The lowest BCUT2D eigenvalue weighted by atomic mass is 10.1. The summed E-state index contributed by atoms with van der Waals surface area (Å²) in [5.74, 6) is -0.240. The smallest absolute Gasteiger partial charge is 0.234 e. The Kier molecular flexibility index (Phi) is 4.46. The molecule has 0 aliphatic rings. The summed E-state index contributed by atoms with van der Waals surface area (Å²) in [5, 5.41) is 0. The predicted molar refractivity (Wildman–Crippen MR) is 57.3 cm³/mol. The fourth-order valence-electron chi connectivity index (χ4n) is 1.25. The van der Waals surface area contributed by atoms with Gasteiger partial charge in [-0.1, -0.05) is 15.9 Å². The molecule has 3 nitrogen and oxygen atoms in total. The van der Waals surface area contributed by atoms with E-state index in [4.69, 9.17) is 4.74 Å². The number of benzene rings is 1. The molecule has 0 N–H and O–H groups in total. The van der Waals surface area contributed by atoms with Crippen LogP contribution < -0.4 is 4.74 Å². The Hall–Kier alpha value is -1.19. The van der Waals surface area contributed by atoms with Crippen LogP contribution in [0.4, 0.5) is 4.39 Å². The summed E-state index contributed by atoms with van der Waals surface area (Å²) in [6.07, 6.45) is 1.87. The van der Waals surface area contributed by atoms with Crippen molar-refractivity contribution in [3.63, 3.8) is 0 Å². The zero-order valence-corrected chi connectivity index (χ0v) is 9.67. The van der Waals surface area contributed by atoms with E-state index in [2.05, 4.69) is 20.9 Å². The first-order valence-electron chi connectivity index (χ1n) is 4.24. The van der Waals surface area contributed by atoms with Gasteiger partial charge in [0.05, 0.1) is 13.7 Å². The first kappa shape index (κ1) is 11.9. The van der Waals surface area contributed by atoms with E-state index in [-0.39, 0.29) is 12.3 Å². The van der Waals surface area contributed by atoms with Gasteiger partial charge in [-0.05, 0) is 18.6 Å². The molecule has 0 bridgehead atoms. The molecule has 0 amide bonds. The van der Waals surface area contributed by atoms with Crippen LogP contribution in [0.3, 0.4) is 0 Å². The Morgan fingerprint density at radius 1 is 1.60 bits per heavy atom. The molecule has 0 aromatic heterocycles. The zero-order valence-electron chi connectivity index (χ0n) is 8.09. The van der Waals surface area contributed by atoms with Crippen molar-refractivity contribution in [3.05, 3.63) is 28.0 Å². The molecular formula is C10H9BrFNO2. The number of hydrogen-bond acceptors (Lipinski definition) is 3. The van der Waals surface area contributed by atoms with Gasteiger partial charge in [0.15, 0.2) is 11.6 Å². The highest BCUT2D eigenvalue weighted by Gasteiger charge is 2.10. The lowest BCUT2D eigenvalue weighted by Gasteiger charge is -2.08. The van der Waals surface area contributed by atoms with Crippen LogP contribution in [0.5, 0.6) is 5.75 Å². The molecule has 15 heavy (non-hydrogen) atoms. The molecule has 0 radical (unpaired) electrons. The number of rotatable bonds is 4. The summed E-state index contributed by atoms with van der Waals surface area (Å²) < 4.78 is 18.9. The second-order valence-corrected chi connectivity index (χ2v) is 3.72. The van der Waals surface area contributed by atoms with Crippen molar-refractivity contribution < 1.29 is 13.9 Å². The normalized spacial score (nSPS) is 9.53. The maximum atomic E-state index is 13.4. The number of isocyanates is 1. The number of aliphatic imine (C=N–C) groups is 1. The predicted octanol–water partition coefficient (Wildman–Crippen LogP) is 2.48. The molecule has 80 valence electrons. The van der Waals surface area contributed by atoms with E-state index in [1.807, 2.05) is 0 Å². The standard InChI is InChI=1S/C10H9BrFNO2/c1-15-10-7(2-3-13-6-14)4-8(11)5-9(10)12/h4-5H,2-3H2,1H3. The highest BCUT2D eigenvalue weighted by atomic mass is 79.9. The summed E-state index contributed by atoms with van der Waals surface area (Å²) in [4.78, 5) is 13.3. The lowest BCUT2D eigenvalue weighted by Crippen LogP contribution is -1.98. The maximum absolute atomic E-state index is 13.4. The zero-order chi connectivity index (χ0) is 11.3. The Balaban J connectivity index is 2.98. The fraction of sp³-hybridized carbons (Fsp3) is 0.300. The highest BCUT2D eigenvalue weighted by Crippen LogP contribution is 2.27. The average Bonchev–Trinajstić information content (AvgIpc) is 2.17. The monoisotopic (exact) mass is 273 g/mol. The van der Waals surface area contributed by atoms with Gasteiger partial charge in [-0.25, -0.2) is 14.2 Å². The van der Waals surface area contributed by atoms with Gasteiger partial charge in [-0.15, -0.1) is 0 Å². The van der Waals surface area contributed by atoms with Gasteiger partial charge in [0.2, 0.25) is 6.08 Å². The molecule has 0 heterocycles. The molecule has 1 aromatic carbocycles. The van der Waals surface area contributed by atoms with Gasteiger partial charge in [0.25, 0.3) is 0 Å². The van der Waals surface area contributed by atoms with Gasteiger partial charge in [-0.2, -0.15) is 0 Å². The number of ether oxygens (including phenoxy) is 1. The number of carbonyl (C=O) groups excluding carboxylic acids is 1. The Morgan fingerprint density at radius 3 is 2.93 bits per heavy atom. The van der Waals surface area contributed by atoms with Crippen LogP contribution in [0.25, 0.3) is 0 Å². The molecule has 0 saturated heterocycles. The van der Waals surface area contributed by atoms with Crippen LogP contribution >= 0.6 is 15.9 Å². The molecular weight excluding hydrogens is 265 g/mol. The van der Waals surface area contributed by atoms with Crippen molar-refractivity contribution in [2.75, 3.05) is 13.7 Å². The molecule has 1 rings (SSSR count). The van der Waals surface area contributed by atoms with E-state index >= 15 is 0 Å². The minimum Gasteiger partial charge on any atom is -0.493 e. The minimum atomic E-state index is -0.433. The van der Waals surface area contributed by atoms with Gasteiger partial charge >= 0.3 is 0 Å². The van der Waals surface area contributed by atoms with Crippen LogP contribution in [-0.4, -0.2) is 19.7 Å². The van der Waals surface area contributed by atoms with Crippen molar-refractivity contribution in [2.45, 2.75) is 6.42 Å². The number of methoxy groups -OCH3 is 1. The van der Waals surface area contributed by atoms with Gasteiger partial charge in [0.1, 0.15) is 0 Å². The van der Waals surface area contributed by atoms with Crippen LogP contribution in [0.2, 0.25) is 0 Å². The second-order valence-electron chi connectivity index (χ2n) is 2.80. The molecule has 0 aliphatic carbocycles. The summed E-state index contributed by atoms with van der Waals surface area (Å²) in [5.41, 5.74) is 0.670. The molecule has 0 atom stereocenters. The highest BCUT2D eigenvalue weighted by molar-refractivity contribution is 9.10. The molecule has 1 aromatic rings. The molecule has 5 heteroatoms. The topological polar surface area (TPSA) is 38.7 Å². The number of halogens is 2. The third kappa shape index (κ3) is 3.15. The van der Waals surface area contributed by atoms with Crippen molar-refractivity contribution in [2.24, 2.45) is 4.99 Å². The van der Waals surface area contributed by atoms with Gasteiger partial charge in [0, 0.05) is 10.0 Å². The second kappa shape index (κ2) is 5.63. The van der Waals surface area contributed by atoms with Crippen LogP contribution in [0.15, 0.2) is 21.6 Å². The van der Waals surface area contributed by atoms with Crippen LogP contribution in [-0.2, 0) is 11.2 Å². The molecule has 0 unspecified atom stereocenters. The third-order valence-corrected chi connectivity index (χ3v) is 2.30. The summed E-state index contributed by atoms with van der Waals surface area (Å²) in [6.45, 7) is 0.274. The Bertz CT molecular complexity index is 403. The molecule has 0 spiro atoms. The Morgan fingerprint density at radius 2 is 2.33 bits per heavy atom. The minimum absolute atomic E-state index is 0.194. The van der Waals surface area contributed by atoms with E-state index in [0.29, 0.717) is 16.5 Å². The van der Waals surface area contributed by atoms with E-state index in [9.17, 15) is 9.18 Å². The van der Waals surface area contributed by atoms with Gasteiger partial charge in [-0.3, -0.25) is 0 Å². The van der Waals surface area contributed by atoms with E-state index in [0.717, 1.165) is 0 Å². The third-order valence-electron chi connectivity index (χ3n) is 1.85. The first-order valence-corrected chi connectivity index (χ1v) is 5.04. The van der Waals surface area contributed by atoms with Crippen molar-refractivity contribution in [3.8, 4) is 5.75 Å². The van der Waals surface area contributed by atoms with Crippen molar-refractivity contribution in [1.29, 1.82) is 0 Å². The van der Waals surface area contributed by atoms with E-state index in [1.165, 1.54) is 19.3 Å². The van der Waals surface area contributed by atoms with E-state index in [1.54, 1.807) is 6.07 Å².